The molecule has 0 radical (unpaired) electrons. The van der Waals surface area contributed by atoms with Crippen molar-refractivity contribution >= 4 is 33.4 Å². The first-order valence-corrected chi connectivity index (χ1v) is 11.2. The highest BCUT2D eigenvalue weighted by atomic mass is 32.1. The van der Waals surface area contributed by atoms with Gasteiger partial charge in [0.05, 0.1) is 17.3 Å². The molecule has 0 aliphatic rings. The normalized spacial score (nSPS) is 11.7. The van der Waals surface area contributed by atoms with Crippen LogP contribution in [0.4, 0.5) is 0 Å². The average molecular weight is 445 g/mol. The van der Waals surface area contributed by atoms with Gasteiger partial charge in [-0.15, -0.1) is 0 Å². The van der Waals surface area contributed by atoms with Crippen LogP contribution in [0.2, 0.25) is 0 Å². The molecule has 4 aromatic rings. The second-order valence-corrected chi connectivity index (χ2v) is 8.73. The number of ether oxygens (including phenoxy) is 1. The molecule has 3 aromatic carbocycles. The zero-order chi connectivity index (χ0) is 22.7. The number of esters is 1. The number of hydrogen-bond donors (Lipinski definition) is 0. The maximum atomic E-state index is 12.9. The molecule has 0 aliphatic heterocycles. The van der Waals surface area contributed by atoms with Gasteiger partial charge in [-0.05, 0) is 60.7 Å². The number of methoxy groups -OCH3 is 1. The van der Waals surface area contributed by atoms with E-state index in [1.165, 1.54) is 24.0 Å². The van der Waals surface area contributed by atoms with Gasteiger partial charge in [-0.1, -0.05) is 59.9 Å². The van der Waals surface area contributed by atoms with Crippen molar-refractivity contribution in [3.05, 3.63) is 99.3 Å². The van der Waals surface area contributed by atoms with Crippen molar-refractivity contribution in [2.75, 3.05) is 7.11 Å². The molecule has 0 saturated heterocycles. The number of fused-ring (bicyclic) bond motifs is 1. The van der Waals surface area contributed by atoms with Crippen LogP contribution < -0.4 is 4.80 Å². The lowest BCUT2D eigenvalue weighted by Gasteiger charge is -2.05. The van der Waals surface area contributed by atoms with Crippen molar-refractivity contribution in [2.45, 2.75) is 26.8 Å². The van der Waals surface area contributed by atoms with Crippen LogP contribution in [-0.2, 0) is 22.5 Å². The summed E-state index contributed by atoms with van der Waals surface area (Å²) in [4.78, 5) is 29.8. The summed E-state index contributed by atoms with van der Waals surface area (Å²) < 4.78 is 7.62. The van der Waals surface area contributed by atoms with E-state index in [0.29, 0.717) is 10.4 Å². The number of hydrogen-bond acceptors (Lipinski definition) is 4. The molecular weight excluding hydrogens is 420 g/mol. The summed E-state index contributed by atoms with van der Waals surface area (Å²) in [7, 11) is 1.35. The third-order valence-electron chi connectivity index (χ3n) is 5.28. The van der Waals surface area contributed by atoms with Crippen LogP contribution in [0.5, 0.6) is 0 Å². The van der Waals surface area contributed by atoms with Crippen molar-refractivity contribution in [1.82, 2.24) is 4.57 Å². The molecule has 1 aromatic heterocycles. The van der Waals surface area contributed by atoms with Gasteiger partial charge >= 0.3 is 5.97 Å². The van der Waals surface area contributed by atoms with E-state index < -0.39 is 0 Å². The van der Waals surface area contributed by atoms with Gasteiger partial charge in [-0.25, -0.2) is 0 Å². The van der Waals surface area contributed by atoms with E-state index in [1.54, 1.807) is 16.7 Å². The second kappa shape index (κ2) is 9.32. The molecule has 0 saturated carbocycles. The molecule has 0 bridgehead atoms. The quantitative estimate of drug-likeness (QED) is 0.415. The SMILES string of the molecule is COC(=O)Cn1c(=NC(=O)c2ccc(Cc3ccccc3)cc2)sc2c(C)cc(C)cc21. The molecule has 1 amide bonds. The Kier molecular flexibility index (Phi) is 6.32. The highest BCUT2D eigenvalue weighted by molar-refractivity contribution is 7.16. The lowest BCUT2D eigenvalue weighted by molar-refractivity contribution is -0.141. The van der Waals surface area contributed by atoms with E-state index in [0.717, 1.165) is 33.3 Å². The Morgan fingerprint density at radius 2 is 1.66 bits per heavy atom. The van der Waals surface area contributed by atoms with E-state index in [9.17, 15) is 9.59 Å². The standard InChI is InChI=1S/C26H24N2O3S/c1-17-13-18(2)24-22(14-17)28(16-23(29)31-3)26(32-24)27-25(30)21-11-9-20(10-12-21)15-19-7-5-4-6-8-19/h4-14H,15-16H2,1-3H3. The molecule has 0 N–H and O–H groups in total. The van der Waals surface area contributed by atoms with E-state index >= 15 is 0 Å². The summed E-state index contributed by atoms with van der Waals surface area (Å²) in [5.41, 5.74) is 5.90. The predicted molar refractivity (Wildman–Crippen MR) is 127 cm³/mol. The monoisotopic (exact) mass is 444 g/mol. The molecule has 4 rings (SSSR count). The van der Waals surface area contributed by atoms with Gasteiger partial charge in [0.25, 0.3) is 5.91 Å². The van der Waals surface area contributed by atoms with Gasteiger partial charge in [0.2, 0.25) is 0 Å². The van der Waals surface area contributed by atoms with Crippen LogP contribution in [-0.4, -0.2) is 23.6 Å². The molecule has 0 atom stereocenters. The van der Waals surface area contributed by atoms with E-state index in [1.807, 2.05) is 50.2 Å². The largest absolute Gasteiger partial charge is 0.468 e. The number of rotatable bonds is 5. The zero-order valence-electron chi connectivity index (χ0n) is 18.3. The van der Waals surface area contributed by atoms with Gasteiger partial charge in [-0.3, -0.25) is 9.59 Å². The Balaban J connectivity index is 1.68. The van der Waals surface area contributed by atoms with Gasteiger partial charge in [0.15, 0.2) is 4.80 Å². The summed E-state index contributed by atoms with van der Waals surface area (Å²) >= 11 is 1.41. The summed E-state index contributed by atoms with van der Waals surface area (Å²) in [5.74, 6) is -0.723. The minimum absolute atomic E-state index is 0.00151. The highest BCUT2D eigenvalue weighted by Gasteiger charge is 2.14. The maximum Gasteiger partial charge on any atom is 0.325 e. The molecule has 5 nitrogen and oxygen atoms in total. The molecule has 32 heavy (non-hydrogen) atoms. The van der Waals surface area contributed by atoms with Crippen LogP contribution in [0.1, 0.15) is 32.6 Å². The molecule has 0 fully saturated rings. The Morgan fingerprint density at radius 3 is 2.34 bits per heavy atom. The van der Waals surface area contributed by atoms with Gasteiger partial charge in [0.1, 0.15) is 6.54 Å². The maximum absolute atomic E-state index is 12.9. The highest BCUT2D eigenvalue weighted by Crippen LogP contribution is 2.23. The molecule has 0 spiro atoms. The fourth-order valence-corrected chi connectivity index (χ4v) is 4.77. The number of nitrogens with zero attached hydrogens (tertiary/aromatic N) is 2. The molecule has 162 valence electrons. The fourth-order valence-electron chi connectivity index (χ4n) is 3.69. The van der Waals surface area contributed by atoms with Crippen LogP contribution in [0.15, 0.2) is 71.7 Å². The topological polar surface area (TPSA) is 60.7 Å². The third kappa shape index (κ3) is 4.70. The number of amides is 1. The Hall–Kier alpha value is -3.51. The van der Waals surface area contributed by atoms with Gasteiger partial charge in [-0.2, -0.15) is 4.99 Å². The van der Waals surface area contributed by atoms with Gasteiger partial charge in [0, 0.05) is 5.56 Å². The predicted octanol–water partition coefficient (Wildman–Crippen LogP) is 4.82. The first kappa shape index (κ1) is 21.7. The number of carbonyl (C=O) groups is 2. The van der Waals surface area contributed by atoms with Crippen LogP contribution >= 0.6 is 11.3 Å². The van der Waals surface area contributed by atoms with Crippen LogP contribution in [0.3, 0.4) is 0 Å². The average Bonchev–Trinajstić information content (AvgIpc) is 3.12. The number of benzene rings is 3. The van der Waals surface area contributed by atoms with Crippen molar-refractivity contribution in [1.29, 1.82) is 0 Å². The smallest absolute Gasteiger partial charge is 0.325 e. The third-order valence-corrected chi connectivity index (χ3v) is 6.51. The summed E-state index contributed by atoms with van der Waals surface area (Å²) in [6.07, 6.45) is 0.806. The summed E-state index contributed by atoms with van der Waals surface area (Å²) in [5, 5.41) is 0. The number of thiazole rings is 1. The zero-order valence-corrected chi connectivity index (χ0v) is 19.1. The second-order valence-electron chi connectivity index (χ2n) is 7.75. The minimum Gasteiger partial charge on any atom is -0.468 e. The van der Waals surface area contributed by atoms with E-state index in [2.05, 4.69) is 23.2 Å². The van der Waals surface area contributed by atoms with E-state index in [-0.39, 0.29) is 18.4 Å². The lowest BCUT2D eigenvalue weighted by Crippen LogP contribution is -2.22. The van der Waals surface area contributed by atoms with Crippen molar-refractivity contribution < 1.29 is 14.3 Å². The Morgan fingerprint density at radius 1 is 0.969 bits per heavy atom. The molecule has 6 heteroatoms. The number of aromatic nitrogens is 1. The fraction of sp³-hybridized carbons (Fsp3) is 0.192. The van der Waals surface area contributed by atoms with Crippen molar-refractivity contribution in [3.8, 4) is 0 Å². The van der Waals surface area contributed by atoms with Crippen molar-refractivity contribution in [2.24, 2.45) is 4.99 Å². The van der Waals surface area contributed by atoms with Crippen LogP contribution in [0, 0.1) is 13.8 Å². The Labute approximate surface area is 190 Å². The molecular formula is C26H24N2O3S. The Bertz CT molecular complexity index is 1350. The summed E-state index contributed by atoms with van der Waals surface area (Å²) in [6.45, 7) is 4.03. The first-order chi connectivity index (χ1) is 15.4. The summed E-state index contributed by atoms with van der Waals surface area (Å²) in [6, 6.07) is 21.8. The van der Waals surface area contributed by atoms with Gasteiger partial charge < -0.3 is 9.30 Å². The van der Waals surface area contributed by atoms with Crippen LogP contribution in [0.25, 0.3) is 10.2 Å². The number of carbonyl (C=O) groups excluding carboxylic acids is 2. The molecule has 0 unspecified atom stereocenters. The first-order valence-electron chi connectivity index (χ1n) is 10.3. The van der Waals surface area contributed by atoms with E-state index in [4.69, 9.17) is 4.74 Å². The minimum atomic E-state index is -0.386. The lowest BCUT2D eigenvalue weighted by atomic mass is 10.0. The number of aryl methyl sites for hydroxylation is 2. The molecule has 1 heterocycles. The van der Waals surface area contributed by atoms with Crippen molar-refractivity contribution in [3.63, 3.8) is 0 Å². The molecule has 0 aliphatic carbocycles.